The van der Waals surface area contributed by atoms with Crippen molar-refractivity contribution < 1.29 is 14.7 Å². The number of aliphatic imine (C=N–C) groups is 1. The van der Waals surface area contributed by atoms with E-state index in [0.717, 1.165) is 11.1 Å². The minimum atomic E-state index is -1.10. The molecule has 0 radical (unpaired) electrons. The number of benzene rings is 2. The van der Waals surface area contributed by atoms with Crippen molar-refractivity contribution in [3.8, 4) is 0 Å². The lowest BCUT2D eigenvalue weighted by atomic mass is 9.91. The molecule has 0 aromatic heterocycles. The number of rotatable bonds is 12. The van der Waals surface area contributed by atoms with Gasteiger partial charge in [0.25, 0.3) is 5.91 Å². The summed E-state index contributed by atoms with van der Waals surface area (Å²) in [6, 6.07) is 14.2. The number of carbonyl (C=O) groups is 2. The van der Waals surface area contributed by atoms with E-state index in [0.29, 0.717) is 69.1 Å². The summed E-state index contributed by atoms with van der Waals surface area (Å²) in [5, 5.41) is 13.8. The third-order valence-corrected chi connectivity index (χ3v) is 7.67. The van der Waals surface area contributed by atoms with Crippen molar-refractivity contribution in [3.05, 3.63) is 59.7 Å². The first-order valence-electron chi connectivity index (χ1n) is 13.9. The van der Waals surface area contributed by atoms with E-state index in [-0.39, 0.29) is 18.5 Å². The van der Waals surface area contributed by atoms with Gasteiger partial charge in [0.15, 0.2) is 11.7 Å². The number of hydrogen-bond donors (Lipinski definition) is 3. The largest absolute Gasteiger partial charge is 0.399 e. The van der Waals surface area contributed by atoms with E-state index in [1.54, 1.807) is 4.90 Å². The fraction of sp³-hybridized carbons (Fsp3) is 0.483. The zero-order valence-corrected chi connectivity index (χ0v) is 23.2. The van der Waals surface area contributed by atoms with Crippen molar-refractivity contribution in [1.82, 2.24) is 19.8 Å². The van der Waals surface area contributed by atoms with Crippen LogP contribution in [-0.4, -0.2) is 87.2 Å². The Hall–Kier alpha value is -3.63. The second-order valence-corrected chi connectivity index (χ2v) is 10.1. The van der Waals surface area contributed by atoms with Gasteiger partial charge in [-0.25, -0.2) is 14.8 Å². The molecule has 0 spiro atoms. The number of hydrogen-bond acceptors (Lipinski definition) is 8. The average molecular weight is 536 g/mol. The van der Waals surface area contributed by atoms with Gasteiger partial charge in [-0.1, -0.05) is 51.1 Å². The number of likely N-dealkylation sites (N-methyl/N-ethyl adjacent to an activating group) is 1. The average Bonchev–Trinajstić information content (AvgIpc) is 3.25. The Morgan fingerprint density at radius 2 is 1.82 bits per heavy atom. The van der Waals surface area contributed by atoms with Crippen LogP contribution in [0.2, 0.25) is 0 Å². The van der Waals surface area contributed by atoms with Crippen LogP contribution in [0.1, 0.15) is 44.7 Å². The molecule has 2 aliphatic rings. The van der Waals surface area contributed by atoms with Crippen LogP contribution >= 0.6 is 0 Å². The van der Waals surface area contributed by atoms with Crippen LogP contribution in [0.15, 0.2) is 53.5 Å². The molecule has 2 aliphatic heterocycles. The van der Waals surface area contributed by atoms with Crippen LogP contribution in [0, 0.1) is 0 Å². The minimum Gasteiger partial charge on any atom is -0.399 e. The highest BCUT2D eigenvalue weighted by Crippen LogP contribution is 2.42. The van der Waals surface area contributed by atoms with E-state index < -0.39 is 11.7 Å². The third kappa shape index (κ3) is 5.31. The summed E-state index contributed by atoms with van der Waals surface area (Å²) in [5.74, 6) is 0.392. The molecule has 5 N–H and O–H groups in total. The molecule has 4 rings (SSSR count). The summed E-state index contributed by atoms with van der Waals surface area (Å²) < 4.78 is 0. The first-order chi connectivity index (χ1) is 18.8. The zero-order valence-electron chi connectivity index (χ0n) is 23.2. The van der Waals surface area contributed by atoms with Crippen molar-refractivity contribution in [2.24, 2.45) is 4.99 Å². The number of urea groups is 1. The van der Waals surface area contributed by atoms with Gasteiger partial charge in [0.1, 0.15) is 5.84 Å². The van der Waals surface area contributed by atoms with E-state index in [9.17, 15) is 14.7 Å². The Labute approximate surface area is 230 Å². The summed E-state index contributed by atoms with van der Waals surface area (Å²) in [4.78, 5) is 36.5. The summed E-state index contributed by atoms with van der Waals surface area (Å²) in [7, 11) is 0. The number of para-hydroxylation sites is 1. The molecule has 0 saturated carbocycles. The summed E-state index contributed by atoms with van der Waals surface area (Å²) >= 11 is 0. The van der Waals surface area contributed by atoms with E-state index in [4.69, 9.17) is 16.5 Å². The predicted octanol–water partition coefficient (Wildman–Crippen LogP) is 2.73. The van der Waals surface area contributed by atoms with Crippen LogP contribution in [0.3, 0.4) is 0 Å². The second kappa shape index (κ2) is 12.0. The molecular formula is C29H41N7O3. The summed E-state index contributed by atoms with van der Waals surface area (Å²) in [6.07, 6.45) is 2.07. The quantitative estimate of drug-likeness (QED) is 0.356. The maximum atomic E-state index is 14.2. The number of amides is 3. The maximum Gasteiger partial charge on any atom is 0.328 e. The van der Waals surface area contributed by atoms with Gasteiger partial charge in [-0.2, -0.15) is 0 Å². The first-order valence-corrected chi connectivity index (χ1v) is 13.9. The highest BCUT2D eigenvalue weighted by atomic mass is 16.3. The number of fused-ring (bicyclic) bond motifs is 1. The molecule has 0 aliphatic carbocycles. The van der Waals surface area contributed by atoms with Crippen molar-refractivity contribution in [1.29, 1.82) is 0 Å². The minimum absolute atomic E-state index is 0.0815. The second-order valence-electron chi connectivity index (χ2n) is 10.1. The first kappa shape index (κ1) is 28.4. The van der Waals surface area contributed by atoms with Gasteiger partial charge < -0.3 is 16.6 Å². The number of nitrogens with zero attached hydrogens (tertiary/aromatic N) is 5. The topological polar surface area (TPSA) is 132 Å². The summed E-state index contributed by atoms with van der Waals surface area (Å²) in [5.41, 5.74) is 14.4. The number of nitrogen functional groups attached to an aromatic ring is 2. The monoisotopic (exact) mass is 535 g/mol. The van der Waals surface area contributed by atoms with Gasteiger partial charge in [-0.15, -0.1) is 0 Å². The van der Waals surface area contributed by atoms with Crippen molar-refractivity contribution in [3.63, 3.8) is 0 Å². The Balaban J connectivity index is 1.83. The normalized spacial score (nSPS) is 21.1. The smallest absolute Gasteiger partial charge is 0.328 e. The lowest BCUT2D eigenvalue weighted by molar-refractivity contribution is -0.151. The predicted molar refractivity (Wildman–Crippen MR) is 154 cm³/mol. The van der Waals surface area contributed by atoms with Crippen LogP contribution in [-0.2, 0) is 17.6 Å². The van der Waals surface area contributed by atoms with E-state index in [1.165, 1.54) is 4.90 Å². The number of nitrogens with two attached hydrogens (primary N) is 2. The Kier molecular flexibility index (Phi) is 8.76. The fourth-order valence-corrected chi connectivity index (χ4v) is 5.76. The molecule has 2 aromatic carbocycles. The van der Waals surface area contributed by atoms with Gasteiger partial charge in [0.2, 0.25) is 0 Å². The zero-order chi connectivity index (χ0) is 28.2. The highest BCUT2D eigenvalue weighted by Gasteiger charge is 2.62. The summed E-state index contributed by atoms with van der Waals surface area (Å²) in [6.45, 7) is 7.41. The number of aliphatic hydroxyl groups excluding tert-OH is 1. The van der Waals surface area contributed by atoms with E-state index in [1.807, 2.05) is 79.3 Å². The molecule has 2 heterocycles. The number of aliphatic hydroxyl groups is 1. The molecule has 2 aromatic rings. The molecule has 39 heavy (non-hydrogen) atoms. The van der Waals surface area contributed by atoms with Gasteiger partial charge in [0.05, 0.1) is 6.61 Å². The molecule has 210 valence electrons. The molecule has 10 heteroatoms. The number of hydrazine groups is 1. The van der Waals surface area contributed by atoms with Crippen molar-refractivity contribution in [2.75, 3.05) is 44.3 Å². The molecule has 0 bridgehead atoms. The fourth-order valence-electron chi connectivity index (χ4n) is 5.76. The van der Waals surface area contributed by atoms with Crippen molar-refractivity contribution in [2.45, 2.75) is 58.2 Å². The SMILES string of the molecule is CCCN1C(=O)C2N(N(CC)CCO)C(Cc3ccccc3N)=NC2(CC)N(CCc2cccc(N)c2)C1=O. The number of carbonyl (C=O) groups excluding carboxylic acids is 2. The highest BCUT2D eigenvalue weighted by molar-refractivity contribution is 6.05. The standard InChI is InChI=1S/C29H41N7O3/c1-4-15-34-27(38)26-29(5-2,35(28(34)39)16-14-21-10-9-12-23(30)19-21)32-25(36(26)33(6-3)17-18-37)20-22-11-7-8-13-24(22)31/h7-13,19,26,37H,4-6,14-18,20,30-31H2,1-3H3. The molecule has 10 nitrogen and oxygen atoms in total. The third-order valence-electron chi connectivity index (χ3n) is 7.67. The van der Waals surface area contributed by atoms with E-state index >= 15 is 0 Å². The number of anilines is 2. The van der Waals surface area contributed by atoms with E-state index in [2.05, 4.69) is 0 Å². The molecule has 1 saturated heterocycles. The molecule has 1 fully saturated rings. The van der Waals surface area contributed by atoms with Crippen LogP contribution in [0.5, 0.6) is 0 Å². The Morgan fingerprint density at radius 1 is 1.05 bits per heavy atom. The molecular weight excluding hydrogens is 494 g/mol. The number of amidine groups is 1. The van der Waals surface area contributed by atoms with Crippen LogP contribution in [0.4, 0.5) is 16.2 Å². The maximum absolute atomic E-state index is 14.2. The number of imide groups is 1. The van der Waals surface area contributed by atoms with Gasteiger partial charge in [-0.05, 0) is 48.6 Å². The lowest BCUT2D eigenvalue weighted by Crippen LogP contribution is -2.74. The Morgan fingerprint density at radius 3 is 2.46 bits per heavy atom. The molecule has 2 unspecified atom stereocenters. The van der Waals surface area contributed by atoms with Crippen molar-refractivity contribution >= 4 is 29.1 Å². The molecule has 2 atom stereocenters. The van der Waals surface area contributed by atoms with Crippen LogP contribution < -0.4 is 11.5 Å². The van der Waals surface area contributed by atoms with Gasteiger partial charge in [-0.3, -0.25) is 19.6 Å². The van der Waals surface area contributed by atoms with Gasteiger partial charge >= 0.3 is 6.03 Å². The van der Waals surface area contributed by atoms with Crippen LogP contribution in [0.25, 0.3) is 0 Å². The van der Waals surface area contributed by atoms with Gasteiger partial charge in [0, 0.05) is 44.0 Å². The molecule has 3 amide bonds. The lowest BCUT2D eigenvalue weighted by Gasteiger charge is -2.51. The Bertz CT molecular complexity index is 1220.